The lowest BCUT2D eigenvalue weighted by Gasteiger charge is -2.40. The summed E-state index contributed by atoms with van der Waals surface area (Å²) in [5.41, 5.74) is -0.0405. The topological polar surface area (TPSA) is 48.1 Å². The van der Waals surface area contributed by atoms with Crippen LogP contribution in [0.5, 0.6) is 0 Å². The van der Waals surface area contributed by atoms with Crippen molar-refractivity contribution in [2.24, 2.45) is 0 Å². The number of epoxide rings is 1. The van der Waals surface area contributed by atoms with E-state index in [0.29, 0.717) is 6.61 Å². The summed E-state index contributed by atoms with van der Waals surface area (Å²) in [6, 6.07) is 9.80. The average Bonchev–Trinajstić information content (AvgIpc) is 3.25. The Morgan fingerprint density at radius 3 is 2.23 bits per heavy atom. The molecule has 122 valence electrons. The first-order chi connectivity index (χ1) is 10.1. The largest absolute Gasteiger partial charge is 0.467 e. The van der Waals surface area contributed by atoms with Crippen LogP contribution in [-0.2, 0) is 18.7 Å². The summed E-state index contributed by atoms with van der Waals surface area (Å²) < 4.78 is 17.0. The van der Waals surface area contributed by atoms with E-state index in [2.05, 4.69) is 33.9 Å². The Kier molecular flexibility index (Phi) is 4.53. The predicted octanol–water partition coefficient (Wildman–Crippen LogP) is 3.69. The Morgan fingerprint density at radius 2 is 1.82 bits per heavy atom. The van der Waals surface area contributed by atoms with E-state index in [0.717, 1.165) is 5.56 Å². The van der Waals surface area contributed by atoms with E-state index in [-0.39, 0.29) is 11.0 Å². The van der Waals surface area contributed by atoms with Gasteiger partial charge in [0.2, 0.25) is 5.60 Å². The smallest absolute Gasteiger partial charge is 0.343 e. The zero-order valence-corrected chi connectivity index (χ0v) is 15.3. The standard InChI is InChI=1S/C17H26O4Si/c1-16(2,3)22(5,6)21-14(13-10-8-7-9-11-13)17(12-20-17)15(18)19-4/h7-11,14H,12H2,1-6H3/t14-,17-/m1/s1. The van der Waals surface area contributed by atoms with Crippen LogP contribution in [0.3, 0.4) is 0 Å². The van der Waals surface area contributed by atoms with Gasteiger partial charge in [0.15, 0.2) is 8.32 Å². The monoisotopic (exact) mass is 322 g/mol. The van der Waals surface area contributed by atoms with Gasteiger partial charge in [-0.15, -0.1) is 0 Å². The van der Waals surface area contributed by atoms with Gasteiger partial charge in [-0.05, 0) is 23.7 Å². The molecule has 1 aromatic carbocycles. The molecule has 1 aliphatic rings. The quantitative estimate of drug-likeness (QED) is 0.471. The molecular weight excluding hydrogens is 296 g/mol. The van der Waals surface area contributed by atoms with Crippen LogP contribution >= 0.6 is 0 Å². The summed E-state index contributed by atoms with van der Waals surface area (Å²) in [5.74, 6) is -0.361. The fourth-order valence-corrected chi connectivity index (χ4v) is 3.43. The maximum Gasteiger partial charge on any atom is 0.343 e. The lowest BCUT2D eigenvalue weighted by molar-refractivity contribution is -0.151. The summed E-state index contributed by atoms with van der Waals surface area (Å²) in [5, 5.41) is 0.0478. The molecule has 0 unspecified atom stereocenters. The summed E-state index contributed by atoms with van der Waals surface area (Å²) in [6.07, 6.45) is -0.429. The molecule has 2 atom stereocenters. The predicted molar refractivity (Wildman–Crippen MR) is 88.2 cm³/mol. The molecule has 0 amide bonds. The van der Waals surface area contributed by atoms with Crippen LogP contribution in [0.25, 0.3) is 0 Å². The number of benzene rings is 1. The molecule has 0 bridgehead atoms. The third-order valence-electron chi connectivity index (χ3n) is 4.73. The van der Waals surface area contributed by atoms with Crippen LogP contribution in [0.2, 0.25) is 18.1 Å². The van der Waals surface area contributed by atoms with Gasteiger partial charge in [0.25, 0.3) is 0 Å². The van der Waals surface area contributed by atoms with E-state index in [1.165, 1.54) is 7.11 Å². The van der Waals surface area contributed by atoms with Crippen LogP contribution < -0.4 is 0 Å². The van der Waals surface area contributed by atoms with Gasteiger partial charge in [-0.2, -0.15) is 0 Å². The van der Waals surface area contributed by atoms with E-state index in [4.69, 9.17) is 13.9 Å². The van der Waals surface area contributed by atoms with Gasteiger partial charge in [-0.3, -0.25) is 0 Å². The third-order valence-corrected chi connectivity index (χ3v) is 9.17. The number of methoxy groups -OCH3 is 1. The van der Waals surface area contributed by atoms with Gasteiger partial charge < -0.3 is 13.9 Å². The Morgan fingerprint density at radius 1 is 1.27 bits per heavy atom. The van der Waals surface area contributed by atoms with E-state index < -0.39 is 20.0 Å². The second kappa shape index (κ2) is 5.79. The molecule has 0 aliphatic carbocycles. The van der Waals surface area contributed by atoms with Crippen molar-refractivity contribution in [1.29, 1.82) is 0 Å². The van der Waals surface area contributed by atoms with Crippen molar-refractivity contribution in [1.82, 2.24) is 0 Å². The maximum absolute atomic E-state index is 12.2. The normalized spacial score (nSPS) is 23.0. The zero-order valence-electron chi connectivity index (χ0n) is 14.3. The average molecular weight is 322 g/mol. The first-order valence-corrected chi connectivity index (χ1v) is 10.5. The molecule has 1 aromatic rings. The number of esters is 1. The molecule has 1 saturated heterocycles. The minimum Gasteiger partial charge on any atom is -0.467 e. The van der Waals surface area contributed by atoms with Crippen LogP contribution in [0.4, 0.5) is 0 Å². The van der Waals surface area contributed by atoms with Gasteiger partial charge in [0.1, 0.15) is 6.10 Å². The van der Waals surface area contributed by atoms with Crippen LogP contribution in [0.1, 0.15) is 32.4 Å². The number of ether oxygens (including phenoxy) is 2. The fourth-order valence-electron chi connectivity index (χ4n) is 2.16. The molecule has 1 fully saturated rings. The van der Waals surface area contributed by atoms with Gasteiger partial charge in [0.05, 0.1) is 13.7 Å². The SMILES string of the molecule is COC(=O)[C@]1([C@H](O[Si](C)(C)C(C)(C)C)c2ccccc2)CO1. The Labute approximate surface area is 133 Å². The van der Waals surface area contributed by atoms with Gasteiger partial charge in [0, 0.05) is 0 Å². The highest BCUT2D eigenvalue weighted by Crippen LogP contribution is 2.48. The minimum absolute atomic E-state index is 0.0478. The number of carbonyl (C=O) groups excluding carboxylic acids is 1. The van der Waals surface area contributed by atoms with Crippen molar-refractivity contribution in [2.75, 3.05) is 13.7 Å². The van der Waals surface area contributed by atoms with E-state index in [1.54, 1.807) is 0 Å². The van der Waals surface area contributed by atoms with Crippen molar-refractivity contribution >= 4 is 14.3 Å². The van der Waals surface area contributed by atoms with E-state index in [9.17, 15) is 4.79 Å². The summed E-state index contributed by atoms with van der Waals surface area (Å²) in [4.78, 5) is 12.2. The van der Waals surface area contributed by atoms with Gasteiger partial charge in [-0.25, -0.2) is 4.79 Å². The zero-order chi connectivity index (χ0) is 16.6. The molecule has 0 spiro atoms. The first-order valence-electron chi connectivity index (χ1n) is 7.59. The molecule has 0 saturated carbocycles. The summed E-state index contributed by atoms with van der Waals surface area (Å²) in [6.45, 7) is 11.2. The number of hydrogen-bond acceptors (Lipinski definition) is 4. The molecule has 1 heterocycles. The lowest BCUT2D eigenvalue weighted by Crippen LogP contribution is -2.46. The molecule has 2 rings (SSSR count). The van der Waals surface area contributed by atoms with Gasteiger partial charge in [-0.1, -0.05) is 51.1 Å². The molecule has 22 heavy (non-hydrogen) atoms. The van der Waals surface area contributed by atoms with Gasteiger partial charge >= 0.3 is 5.97 Å². The Bertz CT molecular complexity index is 529. The van der Waals surface area contributed by atoms with Crippen molar-refractivity contribution in [3.63, 3.8) is 0 Å². The lowest BCUT2D eigenvalue weighted by atomic mass is 9.96. The highest BCUT2D eigenvalue weighted by atomic mass is 28.4. The van der Waals surface area contributed by atoms with Crippen LogP contribution in [0.15, 0.2) is 30.3 Å². The molecule has 4 nitrogen and oxygen atoms in total. The number of rotatable bonds is 5. The summed E-state index contributed by atoms with van der Waals surface area (Å²) in [7, 11) is -0.678. The molecule has 0 aromatic heterocycles. The van der Waals surface area contributed by atoms with E-state index in [1.807, 2.05) is 30.3 Å². The maximum atomic E-state index is 12.2. The second-order valence-corrected chi connectivity index (χ2v) is 12.1. The molecule has 5 heteroatoms. The second-order valence-electron chi connectivity index (χ2n) is 7.34. The Hall–Kier alpha value is -1.17. The third kappa shape index (κ3) is 3.11. The van der Waals surface area contributed by atoms with Crippen LogP contribution in [-0.4, -0.2) is 33.6 Å². The fraction of sp³-hybridized carbons (Fsp3) is 0.588. The number of hydrogen-bond donors (Lipinski definition) is 0. The number of carbonyl (C=O) groups is 1. The highest BCUT2D eigenvalue weighted by Gasteiger charge is 2.62. The molecule has 1 aliphatic heterocycles. The molecular formula is C17H26O4Si. The highest BCUT2D eigenvalue weighted by molar-refractivity contribution is 6.74. The van der Waals surface area contributed by atoms with Crippen molar-refractivity contribution in [3.8, 4) is 0 Å². The first kappa shape index (κ1) is 17.2. The van der Waals surface area contributed by atoms with Crippen molar-refractivity contribution < 1.29 is 18.7 Å². The Balaban J connectivity index is 2.38. The summed E-state index contributed by atoms with van der Waals surface area (Å²) >= 11 is 0. The molecule has 0 N–H and O–H groups in total. The van der Waals surface area contributed by atoms with Crippen molar-refractivity contribution in [2.45, 2.75) is 50.6 Å². The minimum atomic E-state index is -2.07. The molecule has 0 radical (unpaired) electrons. The van der Waals surface area contributed by atoms with Crippen LogP contribution in [0, 0.1) is 0 Å². The van der Waals surface area contributed by atoms with Crippen molar-refractivity contribution in [3.05, 3.63) is 35.9 Å². The van der Waals surface area contributed by atoms with E-state index >= 15 is 0 Å².